The maximum absolute atomic E-state index is 12.3. The highest BCUT2D eigenvalue weighted by Crippen LogP contribution is 2.14. The second-order valence-electron chi connectivity index (χ2n) is 12.1. The van der Waals surface area contributed by atoms with Crippen LogP contribution in [-0.4, -0.2) is 46.1 Å². The van der Waals surface area contributed by atoms with E-state index in [1.165, 1.54) is 103 Å². The highest BCUT2D eigenvalue weighted by molar-refractivity contribution is 5.76. The zero-order valence-corrected chi connectivity index (χ0v) is 27.6. The predicted octanol–water partition coefficient (Wildman–Crippen LogP) is 9.26. The smallest absolute Gasteiger partial charge is 0.222 e. The van der Waals surface area contributed by atoms with Crippen LogP contribution in [0.3, 0.4) is 0 Å². The molecule has 0 saturated heterocycles. The van der Waals surface area contributed by atoms with Gasteiger partial charge in [0.2, 0.25) is 5.91 Å². The monoisotopic (exact) mass is 592 g/mol. The number of hydrogen-bond acceptors (Lipinski definition) is 4. The van der Waals surface area contributed by atoms with Crippen LogP contribution < -0.4 is 5.32 Å². The van der Waals surface area contributed by atoms with Crippen molar-refractivity contribution in [1.82, 2.24) is 5.32 Å². The first-order valence-electron chi connectivity index (χ1n) is 17.8. The average Bonchev–Trinajstić information content (AvgIpc) is 2.98. The Labute approximate surface area is 260 Å². The maximum Gasteiger partial charge on any atom is 0.222 e. The van der Waals surface area contributed by atoms with Crippen molar-refractivity contribution in [3.63, 3.8) is 0 Å². The molecule has 0 saturated carbocycles. The van der Waals surface area contributed by atoms with Gasteiger partial charge in [0.15, 0.2) is 0 Å². The van der Waals surface area contributed by atoms with Gasteiger partial charge in [-0.1, -0.05) is 153 Å². The fourth-order valence-corrected chi connectivity index (χ4v) is 5.13. The summed E-state index contributed by atoms with van der Waals surface area (Å²) >= 11 is 0. The van der Waals surface area contributed by atoms with Gasteiger partial charge in [-0.25, -0.2) is 0 Å². The van der Waals surface area contributed by atoms with E-state index in [0.29, 0.717) is 6.42 Å². The van der Waals surface area contributed by atoms with Gasteiger partial charge < -0.3 is 20.6 Å². The van der Waals surface area contributed by atoms with Crippen molar-refractivity contribution in [1.29, 1.82) is 0 Å². The Morgan fingerprint density at radius 2 is 1.02 bits per heavy atom. The largest absolute Gasteiger partial charge is 0.394 e. The summed E-state index contributed by atoms with van der Waals surface area (Å²) in [5.74, 6) is -0.332. The number of allylic oxidation sites excluding steroid dienone is 5. The number of rotatable bonds is 31. The summed E-state index contributed by atoms with van der Waals surface area (Å²) in [5.41, 5.74) is 0. The molecule has 0 aliphatic heterocycles. The van der Waals surface area contributed by atoms with Crippen LogP contribution in [0, 0.1) is 0 Å². The number of hydrogen-bond donors (Lipinski definition) is 4. The average molecular weight is 592 g/mol. The topological polar surface area (TPSA) is 89.8 Å². The van der Waals surface area contributed by atoms with E-state index in [1.807, 2.05) is 6.08 Å². The molecular weight excluding hydrogens is 522 g/mol. The van der Waals surface area contributed by atoms with Gasteiger partial charge in [0.25, 0.3) is 0 Å². The molecule has 0 fully saturated rings. The molecule has 0 aromatic heterocycles. The van der Waals surface area contributed by atoms with Crippen LogP contribution in [0.15, 0.2) is 36.5 Å². The summed E-state index contributed by atoms with van der Waals surface area (Å²) in [7, 11) is 0. The molecule has 0 aliphatic rings. The highest BCUT2D eigenvalue weighted by atomic mass is 16.3. The fourth-order valence-electron chi connectivity index (χ4n) is 5.13. The molecule has 0 rings (SSSR count). The minimum Gasteiger partial charge on any atom is -0.394 e. The lowest BCUT2D eigenvalue weighted by molar-refractivity contribution is -0.124. The van der Waals surface area contributed by atoms with E-state index >= 15 is 0 Å². The van der Waals surface area contributed by atoms with Crippen molar-refractivity contribution in [2.24, 2.45) is 0 Å². The van der Waals surface area contributed by atoms with E-state index in [2.05, 4.69) is 43.5 Å². The quantitative estimate of drug-likeness (QED) is 0.0478. The minimum atomic E-state index is -0.955. The third-order valence-corrected chi connectivity index (χ3v) is 7.91. The fraction of sp³-hybridized carbons (Fsp3) is 0.811. The van der Waals surface area contributed by atoms with Gasteiger partial charge in [-0.3, -0.25) is 4.79 Å². The van der Waals surface area contributed by atoms with Crippen molar-refractivity contribution in [2.45, 2.75) is 186 Å². The van der Waals surface area contributed by atoms with Crippen molar-refractivity contribution >= 4 is 5.91 Å². The molecule has 246 valence electrons. The molecule has 3 unspecified atom stereocenters. The number of aliphatic hydroxyl groups excluding tert-OH is 3. The molecule has 0 aromatic rings. The summed E-state index contributed by atoms with van der Waals surface area (Å²) in [6.45, 7) is 4.15. The van der Waals surface area contributed by atoms with Crippen molar-refractivity contribution < 1.29 is 20.1 Å². The van der Waals surface area contributed by atoms with Gasteiger partial charge in [-0.15, -0.1) is 0 Å². The third-order valence-electron chi connectivity index (χ3n) is 7.91. The SMILES string of the molecule is CCCCCC/C=C/CC/C=C/CC/C=C/C(O)C(CO)NC(=O)CC(O)CCCCCCCCCCCCCCC. The first-order valence-corrected chi connectivity index (χ1v) is 17.8. The molecule has 0 spiro atoms. The van der Waals surface area contributed by atoms with Crippen LogP contribution in [0.5, 0.6) is 0 Å². The molecule has 4 N–H and O–H groups in total. The lowest BCUT2D eigenvalue weighted by Crippen LogP contribution is -2.45. The van der Waals surface area contributed by atoms with E-state index in [-0.39, 0.29) is 18.9 Å². The van der Waals surface area contributed by atoms with E-state index in [4.69, 9.17) is 0 Å². The Kier molecular flexibility index (Phi) is 31.4. The molecule has 0 aromatic carbocycles. The van der Waals surface area contributed by atoms with Crippen LogP contribution in [0.25, 0.3) is 0 Å². The number of carbonyl (C=O) groups excluding carboxylic acids is 1. The third kappa shape index (κ3) is 28.7. The van der Waals surface area contributed by atoms with Crippen molar-refractivity contribution in [3.8, 4) is 0 Å². The normalized spacial score (nSPS) is 14.3. The van der Waals surface area contributed by atoms with Gasteiger partial charge in [0.05, 0.1) is 31.3 Å². The number of aliphatic hydroxyl groups is 3. The van der Waals surface area contributed by atoms with Crippen LogP contribution >= 0.6 is 0 Å². The molecular formula is C37H69NO4. The summed E-state index contributed by atoms with van der Waals surface area (Å²) < 4.78 is 0. The predicted molar refractivity (Wildman–Crippen MR) is 181 cm³/mol. The second kappa shape index (κ2) is 32.5. The first-order chi connectivity index (χ1) is 20.5. The summed E-state index contributed by atoms with van der Waals surface area (Å²) in [4.78, 5) is 12.3. The summed E-state index contributed by atoms with van der Waals surface area (Å²) in [6.07, 6.45) is 38.3. The standard InChI is InChI=1S/C37H69NO4/c1-3-5-7-9-11-13-15-17-19-21-23-25-27-29-31-36(41)35(33-39)38-37(42)32-34(40)30-28-26-24-22-20-18-16-14-12-10-8-6-4-2/h13,15,21,23,29,31,34-36,39-41H,3-12,14,16-20,22,24-28,30,32-33H2,1-2H3,(H,38,42)/b15-13+,23-21+,31-29+. The maximum atomic E-state index is 12.3. The Hall–Kier alpha value is -1.43. The molecule has 42 heavy (non-hydrogen) atoms. The van der Waals surface area contributed by atoms with Gasteiger partial charge in [0.1, 0.15) is 0 Å². The Bertz CT molecular complexity index is 660. The van der Waals surface area contributed by atoms with E-state index < -0.39 is 18.2 Å². The lowest BCUT2D eigenvalue weighted by Gasteiger charge is -2.21. The molecule has 0 aliphatic carbocycles. The molecule has 5 nitrogen and oxygen atoms in total. The molecule has 1 amide bonds. The first kappa shape index (κ1) is 40.6. The number of amides is 1. The van der Waals surface area contributed by atoms with Gasteiger partial charge >= 0.3 is 0 Å². The number of carbonyl (C=O) groups is 1. The Balaban J connectivity index is 3.83. The number of nitrogens with one attached hydrogen (secondary N) is 1. The minimum absolute atomic E-state index is 0.00400. The van der Waals surface area contributed by atoms with Crippen molar-refractivity contribution in [2.75, 3.05) is 6.61 Å². The lowest BCUT2D eigenvalue weighted by atomic mass is 10.0. The zero-order chi connectivity index (χ0) is 30.9. The van der Waals surface area contributed by atoms with E-state index in [0.717, 1.165) is 38.5 Å². The van der Waals surface area contributed by atoms with Gasteiger partial charge in [0, 0.05) is 0 Å². The molecule has 3 atom stereocenters. The Morgan fingerprint density at radius 1 is 0.595 bits per heavy atom. The number of unbranched alkanes of at least 4 members (excludes halogenated alkanes) is 18. The van der Waals surface area contributed by atoms with Gasteiger partial charge in [-0.05, 0) is 44.9 Å². The van der Waals surface area contributed by atoms with Crippen LogP contribution in [0.1, 0.15) is 168 Å². The molecule has 0 heterocycles. The summed E-state index contributed by atoms with van der Waals surface area (Å²) in [6, 6.07) is -0.762. The second-order valence-corrected chi connectivity index (χ2v) is 12.1. The molecule has 5 heteroatoms. The van der Waals surface area contributed by atoms with Crippen LogP contribution in [0.2, 0.25) is 0 Å². The van der Waals surface area contributed by atoms with Crippen LogP contribution in [0.4, 0.5) is 0 Å². The molecule has 0 radical (unpaired) electrons. The van der Waals surface area contributed by atoms with Crippen molar-refractivity contribution in [3.05, 3.63) is 36.5 Å². The highest BCUT2D eigenvalue weighted by Gasteiger charge is 2.20. The van der Waals surface area contributed by atoms with Crippen LogP contribution in [-0.2, 0) is 4.79 Å². The summed E-state index contributed by atoms with van der Waals surface area (Å²) in [5, 5.41) is 32.9. The van der Waals surface area contributed by atoms with E-state index in [9.17, 15) is 20.1 Å². The van der Waals surface area contributed by atoms with E-state index in [1.54, 1.807) is 6.08 Å². The van der Waals surface area contributed by atoms with Gasteiger partial charge in [-0.2, -0.15) is 0 Å². The Morgan fingerprint density at radius 3 is 1.52 bits per heavy atom. The molecule has 0 bridgehead atoms. The zero-order valence-electron chi connectivity index (χ0n) is 27.6.